The van der Waals surface area contributed by atoms with Gasteiger partial charge in [0.25, 0.3) is 0 Å². The van der Waals surface area contributed by atoms with Gasteiger partial charge in [-0.15, -0.1) is 0 Å². The molecule has 1 aliphatic heterocycles. The predicted molar refractivity (Wildman–Crippen MR) is 105 cm³/mol. The summed E-state index contributed by atoms with van der Waals surface area (Å²) in [6.07, 6.45) is 3.73. The summed E-state index contributed by atoms with van der Waals surface area (Å²) in [4.78, 5) is 12.6. The van der Waals surface area contributed by atoms with Crippen LogP contribution in [0.5, 0.6) is 0 Å². The van der Waals surface area contributed by atoms with Gasteiger partial charge >= 0.3 is 0 Å². The van der Waals surface area contributed by atoms with Crippen molar-refractivity contribution in [3.05, 3.63) is 29.8 Å². The third-order valence-corrected chi connectivity index (χ3v) is 7.86. The number of rotatable bonds is 7. The summed E-state index contributed by atoms with van der Waals surface area (Å²) in [7, 11) is -3.49. The summed E-state index contributed by atoms with van der Waals surface area (Å²) in [5.74, 6) is -0.0309. The average molecular weight is 411 g/mol. The van der Waals surface area contributed by atoms with Gasteiger partial charge in [0.15, 0.2) is 0 Å². The first-order chi connectivity index (χ1) is 13.3. The molecule has 0 radical (unpaired) electrons. The van der Waals surface area contributed by atoms with Gasteiger partial charge in [0.2, 0.25) is 15.9 Å². The lowest BCUT2D eigenvalue weighted by Gasteiger charge is -2.30. The Labute approximate surface area is 167 Å². The van der Waals surface area contributed by atoms with Crippen molar-refractivity contribution in [2.24, 2.45) is 5.41 Å². The summed E-state index contributed by atoms with van der Waals surface area (Å²) in [5.41, 5.74) is 0.693. The molecule has 156 valence electrons. The van der Waals surface area contributed by atoms with Crippen molar-refractivity contribution in [2.45, 2.75) is 50.0 Å². The van der Waals surface area contributed by atoms with Crippen molar-refractivity contribution in [1.82, 2.24) is 9.62 Å². The molecule has 0 bridgehead atoms. The number of aliphatic hydroxyl groups excluding tert-OH is 1. The van der Waals surface area contributed by atoms with E-state index in [1.807, 2.05) is 6.92 Å². The highest BCUT2D eigenvalue weighted by molar-refractivity contribution is 7.89. The molecular formula is C20H30N2O5S. The van der Waals surface area contributed by atoms with E-state index in [4.69, 9.17) is 4.74 Å². The second kappa shape index (κ2) is 8.90. The minimum Gasteiger partial charge on any atom is -0.396 e. The molecule has 1 saturated heterocycles. The number of aryl methyl sites for hydroxylation is 1. The van der Waals surface area contributed by atoms with Gasteiger partial charge < -0.3 is 15.2 Å². The lowest BCUT2D eigenvalue weighted by atomic mass is 9.85. The Bertz CT molecular complexity index is 774. The van der Waals surface area contributed by atoms with Crippen molar-refractivity contribution in [1.29, 1.82) is 0 Å². The lowest BCUT2D eigenvalue weighted by molar-refractivity contribution is -0.122. The Kier molecular flexibility index (Phi) is 6.75. The SMILES string of the molecule is C[C@@]1(CO)CCC[C@@H]1NC(=O)CCc1ccc(S(=O)(=O)N2CCOCC2)cc1. The molecule has 0 aromatic heterocycles. The van der Waals surface area contributed by atoms with E-state index < -0.39 is 10.0 Å². The highest BCUT2D eigenvalue weighted by Crippen LogP contribution is 2.37. The van der Waals surface area contributed by atoms with Crippen LogP contribution in [0.15, 0.2) is 29.2 Å². The molecule has 2 aliphatic rings. The summed E-state index contributed by atoms with van der Waals surface area (Å²) >= 11 is 0. The van der Waals surface area contributed by atoms with Crippen LogP contribution >= 0.6 is 0 Å². The van der Waals surface area contributed by atoms with Crippen LogP contribution < -0.4 is 5.32 Å². The maximum absolute atomic E-state index is 12.6. The first-order valence-electron chi connectivity index (χ1n) is 9.92. The van der Waals surface area contributed by atoms with Crippen molar-refractivity contribution in [3.8, 4) is 0 Å². The van der Waals surface area contributed by atoms with Gasteiger partial charge in [0.1, 0.15) is 0 Å². The largest absolute Gasteiger partial charge is 0.396 e. The second-order valence-corrected chi connectivity index (χ2v) is 9.92. The molecular weight excluding hydrogens is 380 g/mol. The number of sulfonamides is 1. The Morgan fingerprint density at radius 2 is 1.96 bits per heavy atom. The van der Waals surface area contributed by atoms with Gasteiger partial charge in [0.05, 0.1) is 24.7 Å². The Balaban J connectivity index is 1.54. The van der Waals surface area contributed by atoms with Crippen LogP contribution in [-0.4, -0.2) is 62.7 Å². The molecule has 8 heteroatoms. The number of benzene rings is 1. The van der Waals surface area contributed by atoms with Crippen molar-refractivity contribution >= 4 is 15.9 Å². The molecule has 1 saturated carbocycles. The average Bonchev–Trinajstić information content (AvgIpc) is 3.08. The van der Waals surface area contributed by atoms with Crippen LogP contribution in [-0.2, 0) is 26.0 Å². The topological polar surface area (TPSA) is 95.9 Å². The number of nitrogens with one attached hydrogen (secondary N) is 1. The molecule has 0 spiro atoms. The van der Waals surface area contributed by atoms with E-state index in [-0.39, 0.29) is 28.9 Å². The molecule has 2 fully saturated rings. The molecule has 2 atom stereocenters. The standard InChI is InChI=1S/C20H30N2O5S/c1-20(15-23)10-2-3-18(20)21-19(24)9-6-16-4-7-17(8-5-16)28(25,26)22-11-13-27-14-12-22/h4-5,7-8,18,23H,2-3,6,9-15H2,1H3,(H,21,24)/t18-,20-/m0/s1. The highest BCUT2D eigenvalue weighted by Gasteiger charge is 2.38. The van der Waals surface area contributed by atoms with Crippen LogP contribution in [0.2, 0.25) is 0 Å². The minimum atomic E-state index is -3.49. The Morgan fingerprint density at radius 1 is 1.29 bits per heavy atom. The molecule has 1 aromatic carbocycles. The van der Waals surface area contributed by atoms with Gasteiger partial charge in [-0.2, -0.15) is 4.31 Å². The molecule has 1 aliphatic carbocycles. The number of nitrogens with zero attached hydrogens (tertiary/aromatic N) is 1. The van der Waals surface area contributed by atoms with Crippen molar-refractivity contribution in [3.63, 3.8) is 0 Å². The van der Waals surface area contributed by atoms with Crippen molar-refractivity contribution < 1.29 is 23.1 Å². The van der Waals surface area contributed by atoms with Crippen molar-refractivity contribution in [2.75, 3.05) is 32.9 Å². The monoisotopic (exact) mass is 410 g/mol. The van der Waals surface area contributed by atoms with Gasteiger partial charge in [0, 0.05) is 31.0 Å². The van der Waals surface area contributed by atoms with E-state index in [9.17, 15) is 18.3 Å². The maximum atomic E-state index is 12.6. The van der Waals surface area contributed by atoms with Gasteiger partial charge in [-0.05, 0) is 37.0 Å². The fourth-order valence-electron chi connectivity index (χ4n) is 3.96. The third-order valence-electron chi connectivity index (χ3n) is 5.95. The van der Waals surface area contributed by atoms with Crippen LogP contribution in [0.25, 0.3) is 0 Å². The number of morpholine rings is 1. The molecule has 3 rings (SSSR count). The third kappa shape index (κ3) is 4.74. The zero-order chi connectivity index (χ0) is 20.2. The van der Waals surface area contributed by atoms with Gasteiger partial charge in [-0.25, -0.2) is 8.42 Å². The zero-order valence-corrected chi connectivity index (χ0v) is 17.2. The number of hydrogen-bond acceptors (Lipinski definition) is 5. The van der Waals surface area contributed by atoms with E-state index >= 15 is 0 Å². The Morgan fingerprint density at radius 3 is 2.61 bits per heavy atom. The fraction of sp³-hybridized carbons (Fsp3) is 0.650. The summed E-state index contributed by atoms with van der Waals surface area (Å²) in [6, 6.07) is 6.78. The maximum Gasteiger partial charge on any atom is 0.243 e. The molecule has 28 heavy (non-hydrogen) atoms. The molecule has 1 amide bonds. The summed E-state index contributed by atoms with van der Waals surface area (Å²) in [6.45, 7) is 3.68. The number of carbonyl (C=O) groups excluding carboxylic acids is 1. The van der Waals surface area contributed by atoms with E-state index in [1.165, 1.54) is 4.31 Å². The van der Waals surface area contributed by atoms with Gasteiger partial charge in [-0.1, -0.05) is 25.5 Å². The normalized spacial score (nSPS) is 26.3. The number of aliphatic hydroxyl groups is 1. The Hall–Kier alpha value is -1.48. The zero-order valence-electron chi connectivity index (χ0n) is 16.4. The molecule has 0 unspecified atom stereocenters. The number of hydrogen-bond donors (Lipinski definition) is 2. The predicted octanol–water partition coefficient (Wildman–Crippen LogP) is 1.31. The number of amides is 1. The molecule has 7 nitrogen and oxygen atoms in total. The van der Waals surface area contributed by atoms with Crippen LogP contribution in [0.3, 0.4) is 0 Å². The first kappa shape index (κ1) is 21.2. The van der Waals surface area contributed by atoms with Crippen LogP contribution in [0, 0.1) is 5.41 Å². The number of ether oxygens (including phenoxy) is 1. The summed E-state index contributed by atoms with van der Waals surface area (Å²) < 4.78 is 31.9. The quantitative estimate of drug-likeness (QED) is 0.707. The van der Waals surface area contributed by atoms with E-state index in [0.717, 1.165) is 24.8 Å². The second-order valence-electron chi connectivity index (χ2n) is 7.98. The summed E-state index contributed by atoms with van der Waals surface area (Å²) in [5, 5.41) is 12.6. The smallest absolute Gasteiger partial charge is 0.243 e. The molecule has 2 N–H and O–H groups in total. The first-order valence-corrected chi connectivity index (χ1v) is 11.4. The van der Waals surface area contributed by atoms with E-state index in [1.54, 1.807) is 24.3 Å². The van der Waals surface area contributed by atoms with E-state index in [0.29, 0.717) is 39.1 Å². The fourth-order valence-corrected chi connectivity index (χ4v) is 5.36. The molecule has 1 heterocycles. The van der Waals surface area contributed by atoms with Crippen LogP contribution in [0.4, 0.5) is 0 Å². The minimum absolute atomic E-state index is 0.0195. The van der Waals surface area contributed by atoms with Gasteiger partial charge in [-0.3, -0.25) is 4.79 Å². The number of carbonyl (C=O) groups is 1. The lowest BCUT2D eigenvalue weighted by Crippen LogP contribution is -2.44. The highest BCUT2D eigenvalue weighted by atomic mass is 32.2. The molecule has 1 aromatic rings. The van der Waals surface area contributed by atoms with E-state index in [2.05, 4.69) is 5.32 Å². The van der Waals surface area contributed by atoms with Crippen LogP contribution in [0.1, 0.15) is 38.2 Å².